The SMILES string of the molecule is c1ccc(-n2c3ccncc3c3cc(-c4ccc5c(c4)c4ccncc4n5-c4ccccc4)ccc32)cc1. The molecule has 4 nitrogen and oxygen atoms in total. The van der Waals surface area contributed by atoms with Crippen molar-refractivity contribution in [2.45, 2.75) is 0 Å². The Morgan fingerprint density at radius 2 is 0.921 bits per heavy atom. The van der Waals surface area contributed by atoms with Crippen LogP contribution in [0.25, 0.3) is 66.1 Å². The molecule has 0 aliphatic rings. The minimum atomic E-state index is 1.11. The summed E-state index contributed by atoms with van der Waals surface area (Å²) in [6.07, 6.45) is 7.68. The lowest BCUT2D eigenvalue weighted by molar-refractivity contribution is 1.17. The summed E-state index contributed by atoms with van der Waals surface area (Å²) in [5, 5.41) is 4.77. The van der Waals surface area contributed by atoms with Gasteiger partial charge in [0.25, 0.3) is 0 Å². The van der Waals surface area contributed by atoms with E-state index >= 15 is 0 Å². The Hall–Kier alpha value is -5.22. The zero-order chi connectivity index (χ0) is 25.1. The highest BCUT2D eigenvalue weighted by molar-refractivity contribution is 6.12. The fourth-order valence-corrected chi connectivity index (χ4v) is 5.80. The van der Waals surface area contributed by atoms with Crippen LogP contribution in [0.2, 0.25) is 0 Å². The lowest BCUT2D eigenvalue weighted by atomic mass is 10.0. The average molecular weight is 487 g/mol. The van der Waals surface area contributed by atoms with Gasteiger partial charge in [-0.15, -0.1) is 0 Å². The largest absolute Gasteiger partial charge is 0.309 e. The van der Waals surface area contributed by atoms with Crippen molar-refractivity contribution >= 4 is 43.6 Å². The van der Waals surface area contributed by atoms with Gasteiger partial charge in [-0.2, -0.15) is 0 Å². The van der Waals surface area contributed by atoms with Gasteiger partial charge >= 0.3 is 0 Å². The van der Waals surface area contributed by atoms with Crippen LogP contribution in [0.4, 0.5) is 0 Å². The number of para-hydroxylation sites is 2. The number of rotatable bonds is 3. The number of hydrogen-bond acceptors (Lipinski definition) is 2. The summed E-state index contributed by atoms with van der Waals surface area (Å²) in [6.45, 7) is 0. The summed E-state index contributed by atoms with van der Waals surface area (Å²) in [5.74, 6) is 0. The van der Waals surface area contributed by atoms with Crippen LogP contribution in [0.15, 0.2) is 134 Å². The smallest absolute Gasteiger partial charge is 0.0724 e. The molecule has 4 heterocycles. The molecular formula is C34H22N4. The van der Waals surface area contributed by atoms with Gasteiger partial charge in [0.05, 0.1) is 28.3 Å². The first kappa shape index (κ1) is 20.9. The van der Waals surface area contributed by atoms with Crippen LogP contribution in [-0.4, -0.2) is 19.1 Å². The molecule has 178 valence electrons. The van der Waals surface area contributed by atoms with Crippen molar-refractivity contribution < 1.29 is 0 Å². The topological polar surface area (TPSA) is 35.6 Å². The van der Waals surface area contributed by atoms with E-state index in [9.17, 15) is 0 Å². The third kappa shape index (κ3) is 3.04. The lowest BCUT2D eigenvalue weighted by Gasteiger charge is -2.09. The maximum atomic E-state index is 4.46. The van der Waals surface area contributed by atoms with Crippen LogP contribution in [-0.2, 0) is 0 Å². The molecule has 0 fully saturated rings. The predicted octanol–water partition coefficient (Wildman–Crippen LogP) is 8.34. The van der Waals surface area contributed by atoms with E-state index in [1.807, 2.05) is 30.9 Å². The fourth-order valence-electron chi connectivity index (χ4n) is 5.80. The maximum absolute atomic E-state index is 4.46. The van der Waals surface area contributed by atoms with Crippen LogP contribution < -0.4 is 0 Å². The van der Waals surface area contributed by atoms with E-state index in [2.05, 4.69) is 122 Å². The van der Waals surface area contributed by atoms with E-state index in [4.69, 9.17) is 0 Å². The Labute approximate surface area is 219 Å². The number of pyridine rings is 2. The fraction of sp³-hybridized carbons (Fsp3) is 0. The van der Waals surface area contributed by atoms with Crippen molar-refractivity contribution in [2.24, 2.45) is 0 Å². The molecule has 0 N–H and O–H groups in total. The Kier molecular flexibility index (Phi) is 4.49. The molecule has 0 spiro atoms. The highest BCUT2D eigenvalue weighted by Crippen LogP contribution is 2.37. The maximum Gasteiger partial charge on any atom is 0.0724 e. The first-order valence-electron chi connectivity index (χ1n) is 12.7. The zero-order valence-corrected chi connectivity index (χ0v) is 20.5. The van der Waals surface area contributed by atoms with Gasteiger partial charge in [0.15, 0.2) is 0 Å². The number of fused-ring (bicyclic) bond motifs is 6. The molecule has 0 saturated heterocycles. The van der Waals surface area contributed by atoms with E-state index < -0.39 is 0 Å². The highest BCUT2D eigenvalue weighted by atomic mass is 15.0. The van der Waals surface area contributed by atoms with Gasteiger partial charge in [-0.3, -0.25) is 9.97 Å². The lowest BCUT2D eigenvalue weighted by Crippen LogP contribution is -1.93. The summed E-state index contributed by atoms with van der Waals surface area (Å²) < 4.78 is 4.61. The summed E-state index contributed by atoms with van der Waals surface area (Å²) in [7, 11) is 0. The molecule has 0 amide bonds. The van der Waals surface area contributed by atoms with E-state index in [1.54, 1.807) is 0 Å². The molecule has 8 rings (SSSR count). The third-order valence-electron chi connectivity index (χ3n) is 7.50. The molecule has 4 aromatic carbocycles. The third-order valence-corrected chi connectivity index (χ3v) is 7.50. The minimum absolute atomic E-state index is 1.11. The van der Waals surface area contributed by atoms with Crippen molar-refractivity contribution in [3.63, 3.8) is 0 Å². The van der Waals surface area contributed by atoms with Crippen molar-refractivity contribution in [1.82, 2.24) is 19.1 Å². The van der Waals surface area contributed by atoms with Gasteiger partial charge in [-0.05, 0) is 71.8 Å². The van der Waals surface area contributed by atoms with Gasteiger partial charge in [0, 0.05) is 51.5 Å². The van der Waals surface area contributed by atoms with Crippen LogP contribution in [0.1, 0.15) is 0 Å². The van der Waals surface area contributed by atoms with Crippen LogP contribution in [0.3, 0.4) is 0 Å². The second-order valence-electron chi connectivity index (χ2n) is 9.59. The van der Waals surface area contributed by atoms with E-state index in [0.717, 1.165) is 27.8 Å². The van der Waals surface area contributed by atoms with E-state index in [-0.39, 0.29) is 0 Å². The monoisotopic (exact) mass is 486 g/mol. The van der Waals surface area contributed by atoms with Crippen molar-refractivity contribution in [3.05, 3.63) is 134 Å². The Morgan fingerprint density at radius 1 is 0.395 bits per heavy atom. The summed E-state index contributed by atoms with van der Waals surface area (Å²) in [4.78, 5) is 8.89. The molecule has 38 heavy (non-hydrogen) atoms. The summed E-state index contributed by atoms with van der Waals surface area (Å²) >= 11 is 0. The molecule has 4 aromatic heterocycles. The van der Waals surface area contributed by atoms with Gasteiger partial charge in [0.1, 0.15) is 0 Å². The molecular weight excluding hydrogens is 464 g/mol. The Bertz CT molecular complexity index is 1960. The molecule has 0 unspecified atom stereocenters. The van der Waals surface area contributed by atoms with Gasteiger partial charge in [-0.1, -0.05) is 48.5 Å². The molecule has 0 aliphatic carbocycles. The predicted molar refractivity (Wildman–Crippen MR) is 156 cm³/mol. The Morgan fingerprint density at radius 3 is 1.58 bits per heavy atom. The van der Waals surface area contributed by atoms with Crippen LogP contribution >= 0.6 is 0 Å². The molecule has 0 atom stereocenters. The highest BCUT2D eigenvalue weighted by Gasteiger charge is 2.16. The minimum Gasteiger partial charge on any atom is -0.309 e. The van der Waals surface area contributed by atoms with Crippen molar-refractivity contribution in [1.29, 1.82) is 0 Å². The van der Waals surface area contributed by atoms with Gasteiger partial charge in [-0.25, -0.2) is 0 Å². The van der Waals surface area contributed by atoms with Crippen molar-refractivity contribution in [2.75, 3.05) is 0 Å². The normalized spacial score (nSPS) is 11.7. The average Bonchev–Trinajstić information content (AvgIpc) is 3.50. The van der Waals surface area contributed by atoms with Crippen molar-refractivity contribution in [3.8, 4) is 22.5 Å². The number of benzene rings is 4. The van der Waals surface area contributed by atoms with E-state index in [1.165, 1.54) is 38.3 Å². The number of aromatic nitrogens is 4. The summed E-state index contributed by atoms with van der Waals surface area (Å²) in [6, 6.07) is 38.8. The quantitative estimate of drug-likeness (QED) is 0.252. The molecule has 0 bridgehead atoms. The van der Waals surface area contributed by atoms with Gasteiger partial charge in [0.2, 0.25) is 0 Å². The number of hydrogen-bond donors (Lipinski definition) is 0. The standard InChI is InChI=1S/C34H22N4/c1-3-7-25(8-4-1)37-32-14-12-24(20-29(32)30-21-35-18-16-33(30)37)23-11-13-31-28(19-23)27-15-17-36-22-34(27)38(31)26-9-5-2-6-10-26/h1-22H. The van der Waals surface area contributed by atoms with Crippen LogP contribution in [0, 0.1) is 0 Å². The first-order valence-corrected chi connectivity index (χ1v) is 12.7. The second kappa shape index (κ2) is 8.15. The zero-order valence-electron chi connectivity index (χ0n) is 20.5. The van der Waals surface area contributed by atoms with Gasteiger partial charge < -0.3 is 9.13 Å². The molecule has 8 aromatic rings. The molecule has 0 radical (unpaired) electrons. The first-order chi connectivity index (χ1) is 18.9. The molecule has 0 aliphatic heterocycles. The van der Waals surface area contributed by atoms with Crippen LogP contribution in [0.5, 0.6) is 0 Å². The second-order valence-corrected chi connectivity index (χ2v) is 9.59. The van der Waals surface area contributed by atoms with E-state index in [0.29, 0.717) is 0 Å². The summed E-state index contributed by atoms with van der Waals surface area (Å²) in [5.41, 5.74) is 9.28. The Balaban J connectivity index is 1.36. The molecule has 4 heteroatoms. The number of nitrogens with zero attached hydrogens (tertiary/aromatic N) is 4. The molecule has 0 saturated carbocycles.